The highest BCUT2D eigenvalue weighted by Gasteiger charge is 2.31. The monoisotopic (exact) mass is 352 g/mol. The van der Waals surface area contributed by atoms with E-state index in [9.17, 15) is 8.42 Å². The minimum atomic E-state index is -3.45. The Balaban J connectivity index is 1.76. The van der Waals surface area contributed by atoms with Gasteiger partial charge in [0, 0.05) is 30.6 Å². The lowest BCUT2D eigenvalue weighted by atomic mass is 9.99. The van der Waals surface area contributed by atoms with Crippen LogP contribution in [0.4, 0.5) is 0 Å². The Labute approximate surface area is 141 Å². The Kier molecular flexibility index (Phi) is 4.70. The van der Waals surface area contributed by atoms with E-state index >= 15 is 0 Å². The lowest BCUT2D eigenvalue weighted by Crippen LogP contribution is -2.38. The van der Waals surface area contributed by atoms with Crippen LogP contribution in [0.3, 0.4) is 0 Å². The summed E-state index contributed by atoms with van der Waals surface area (Å²) < 4.78 is 32.5. The van der Waals surface area contributed by atoms with Crippen LogP contribution in [0, 0.1) is 6.92 Å². The molecule has 1 aliphatic rings. The van der Waals surface area contributed by atoms with Crippen molar-refractivity contribution in [1.29, 1.82) is 0 Å². The number of rotatable bonds is 4. The number of sulfonamides is 1. The number of hydrogen-bond donors (Lipinski definition) is 0. The Morgan fingerprint density at radius 2 is 2.04 bits per heavy atom. The van der Waals surface area contributed by atoms with Gasteiger partial charge in [0.15, 0.2) is 0 Å². The fourth-order valence-corrected chi connectivity index (χ4v) is 5.44. The van der Waals surface area contributed by atoms with E-state index in [1.54, 1.807) is 47.9 Å². The van der Waals surface area contributed by atoms with Crippen LogP contribution in [-0.2, 0) is 10.0 Å². The van der Waals surface area contributed by atoms with Crippen molar-refractivity contribution in [2.45, 2.75) is 30.6 Å². The van der Waals surface area contributed by atoms with Crippen LogP contribution in [0.15, 0.2) is 34.7 Å². The molecule has 0 bridgehead atoms. The third-order valence-electron chi connectivity index (χ3n) is 4.25. The molecule has 0 spiro atoms. The summed E-state index contributed by atoms with van der Waals surface area (Å²) in [7, 11) is -1.87. The molecule has 0 saturated carbocycles. The van der Waals surface area contributed by atoms with Gasteiger partial charge in [0.2, 0.25) is 10.0 Å². The first-order chi connectivity index (χ1) is 11.0. The van der Waals surface area contributed by atoms with Gasteiger partial charge in [0.25, 0.3) is 0 Å². The van der Waals surface area contributed by atoms with E-state index in [1.165, 1.54) is 0 Å². The minimum absolute atomic E-state index is 0.367. The zero-order chi connectivity index (χ0) is 16.4. The molecule has 1 saturated heterocycles. The van der Waals surface area contributed by atoms with Crippen LogP contribution >= 0.6 is 11.3 Å². The summed E-state index contributed by atoms with van der Waals surface area (Å²) in [4.78, 5) is 4.72. The quantitative estimate of drug-likeness (QED) is 0.849. The molecule has 0 unspecified atom stereocenters. The molecule has 3 rings (SSSR count). The molecule has 0 amide bonds. The highest BCUT2D eigenvalue weighted by molar-refractivity contribution is 7.89. The molecule has 1 fully saturated rings. The van der Waals surface area contributed by atoms with Gasteiger partial charge in [-0.3, -0.25) is 0 Å². The van der Waals surface area contributed by atoms with Gasteiger partial charge in [0.05, 0.1) is 17.0 Å². The Morgan fingerprint density at radius 3 is 2.61 bits per heavy atom. The second-order valence-electron chi connectivity index (χ2n) is 5.68. The maximum Gasteiger partial charge on any atom is 0.243 e. The topological polar surface area (TPSA) is 59.5 Å². The molecule has 124 valence electrons. The lowest BCUT2D eigenvalue weighted by molar-refractivity contribution is 0.319. The van der Waals surface area contributed by atoms with Gasteiger partial charge < -0.3 is 4.74 Å². The molecule has 5 nitrogen and oxygen atoms in total. The van der Waals surface area contributed by atoms with Gasteiger partial charge in [-0.15, -0.1) is 11.3 Å². The molecule has 2 aromatic rings. The smallest absolute Gasteiger partial charge is 0.243 e. The van der Waals surface area contributed by atoms with Crippen molar-refractivity contribution in [1.82, 2.24) is 9.29 Å². The van der Waals surface area contributed by atoms with Crippen molar-refractivity contribution in [3.8, 4) is 5.75 Å². The van der Waals surface area contributed by atoms with Crippen molar-refractivity contribution < 1.29 is 13.2 Å². The molecule has 1 aromatic carbocycles. The highest BCUT2D eigenvalue weighted by Crippen LogP contribution is 2.32. The maximum atomic E-state index is 12.9. The Morgan fingerprint density at radius 1 is 1.30 bits per heavy atom. The van der Waals surface area contributed by atoms with Crippen molar-refractivity contribution in [2.24, 2.45) is 0 Å². The van der Waals surface area contributed by atoms with E-state index < -0.39 is 10.0 Å². The summed E-state index contributed by atoms with van der Waals surface area (Å²) in [6.45, 7) is 2.88. The predicted octanol–water partition coefficient (Wildman–Crippen LogP) is 3.03. The van der Waals surface area contributed by atoms with E-state index in [1.807, 2.05) is 11.6 Å². The summed E-state index contributed by atoms with van der Waals surface area (Å²) in [6, 6.07) is 5.09. The number of thiazole rings is 1. The molecule has 0 N–H and O–H groups in total. The molecule has 1 aliphatic heterocycles. The first kappa shape index (κ1) is 16.4. The van der Waals surface area contributed by atoms with Crippen molar-refractivity contribution in [3.05, 3.63) is 40.3 Å². The molecular formula is C16H20N2O3S2. The summed E-state index contributed by atoms with van der Waals surface area (Å²) in [5, 5.41) is 3.08. The standard InChI is InChI=1S/C16H20N2O3S2/c1-12-11-14(21-2)3-4-15(12)23(19,20)18-8-5-13(6-9-18)16-17-7-10-22-16/h3-4,7,10-11,13H,5-6,8-9H2,1-2H3. The highest BCUT2D eigenvalue weighted by atomic mass is 32.2. The van der Waals surface area contributed by atoms with Crippen molar-refractivity contribution >= 4 is 21.4 Å². The first-order valence-corrected chi connectivity index (χ1v) is 9.88. The van der Waals surface area contributed by atoms with Crippen LogP contribution < -0.4 is 4.74 Å². The fraction of sp³-hybridized carbons (Fsp3) is 0.438. The molecule has 1 aromatic heterocycles. The molecule has 0 atom stereocenters. The van der Waals surface area contributed by atoms with Gasteiger partial charge in [-0.1, -0.05) is 0 Å². The van der Waals surface area contributed by atoms with E-state index in [4.69, 9.17) is 4.74 Å². The summed E-state index contributed by atoms with van der Waals surface area (Å²) >= 11 is 1.65. The van der Waals surface area contributed by atoms with E-state index in [-0.39, 0.29) is 0 Å². The number of hydrogen-bond acceptors (Lipinski definition) is 5. The molecule has 7 heteroatoms. The average molecular weight is 352 g/mol. The van der Waals surface area contributed by atoms with E-state index in [0.717, 1.165) is 17.8 Å². The van der Waals surface area contributed by atoms with E-state index in [0.29, 0.717) is 35.2 Å². The number of nitrogens with zero attached hydrogens (tertiary/aromatic N) is 2. The minimum Gasteiger partial charge on any atom is -0.497 e. The van der Waals surface area contributed by atoms with E-state index in [2.05, 4.69) is 4.98 Å². The summed E-state index contributed by atoms with van der Waals surface area (Å²) in [5.41, 5.74) is 0.714. The first-order valence-electron chi connectivity index (χ1n) is 7.56. The Bertz CT molecular complexity index is 765. The van der Waals surface area contributed by atoms with Crippen molar-refractivity contribution in [3.63, 3.8) is 0 Å². The lowest BCUT2D eigenvalue weighted by Gasteiger charge is -2.30. The number of ether oxygens (including phenoxy) is 1. The van der Waals surface area contributed by atoms with Crippen LogP contribution in [0.1, 0.15) is 29.3 Å². The van der Waals surface area contributed by atoms with Gasteiger partial charge in [0.1, 0.15) is 5.75 Å². The third kappa shape index (κ3) is 3.27. The van der Waals surface area contributed by atoms with Gasteiger partial charge in [-0.2, -0.15) is 4.31 Å². The zero-order valence-corrected chi connectivity index (χ0v) is 14.9. The third-order valence-corrected chi connectivity index (χ3v) is 7.25. The van der Waals surface area contributed by atoms with Gasteiger partial charge >= 0.3 is 0 Å². The zero-order valence-electron chi connectivity index (χ0n) is 13.2. The summed E-state index contributed by atoms with van der Waals surface area (Å²) in [6.07, 6.45) is 3.45. The van der Waals surface area contributed by atoms with Crippen LogP contribution in [0.25, 0.3) is 0 Å². The second kappa shape index (κ2) is 6.59. The SMILES string of the molecule is COc1ccc(S(=O)(=O)N2CCC(c3nccs3)CC2)c(C)c1. The number of aromatic nitrogens is 1. The number of aryl methyl sites for hydroxylation is 1. The Hall–Kier alpha value is -1.44. The maximum absolute atomic E-state index is 12.9. The van der Waals surface area contributed by atoms with Crippen molar-refractivity contribution in [2.75, 3.05) is 20.2 Å². The second-order valence-corrected chi connectivity index (χ2v) is 8.51. The summed E-state index contributed by atoms with van der Waals surface area (Å²) in [5.74, 6) is 1.04. The molecule has 23 heavy (non-hydrogen) atoms. The number of benzene rings is 1. The van der Waals surface area contributed by atoms with Crippen LogP contribution in [0.2, 0.25) is 0 Å². The molecule has 0 radical (unpaired) electrons. The normalized spacial score (nSPS) is 17.3. The predicted molar refractivity (Wildman–Crippen MR) is 90.6 cm³/mol. The van der Waals surface area contributed by atoms with Crippen LogP contribution in [-0.4, -0.2) is 37.9 Å². The van der Waals surface area contributed by atoms with Gasteiger partial charge in [-0.05, 0) is 43.5 Å². The molecule has 2 heterocycles. The molecule has 0 aliphatic carbocycles. The number of piperidine rings is 1. The largest absolute Gasteiger partial charge is 0.497 e. The van der Waals surface area contributed by atoms with Gasteiger partial charge in [-0.25, -0.2) is 13.4 Å². The number of methoxy groups -OCH3 is 1. The average Bonchev–Trinajstić information content (AvgIpc) is 3.09. The fourth-order valence-electron chi connectivity index (χ4n) is 2.96. The molecular weight excluding hydrogens is 332 g/mol. The van der Waals surface area contributed by atoms with Crippen LogP contribution in [0.5, 0.6) is 5.75 Å².